The third-order valence-electron chi connectivity index (χ3n) is 4.26. The minimum absolute atomic E-state index is 0.0635. The highest BCUT2D eigenvalue weighted by molar-refractivity contribution is 5.75. The van der Waals surface area contributed by atoms with Crippen LogP contribution in [0.2, 0.25) is 0 Å². The summed E-state index contributed by atoms with van der Waals surface area (Å²) in [5.41, 5.74) is 0. The van der Waals surface area contributed by atoms with Gasteiger partial charge in [0.05, 0.1) is 6.10 Å². The molecule has 0 radical (unpaired) electrons. The molecule has 0 aromatic rings. The lowest BCUT2D eigenvalue weighted by Gasteiger charge is -2.06. The smallest absolute Gasteiger partial charge is 0.220 e. The van der Waals surface area contributed by atoms with E-state index in [-0.39, 0.29) is 5.91 Å². The number of carbonyl (C=O) groups excluding carboxylic acids is 1. The molecule has 0 fully saturated rings. The van der Waals surface area contributed by atoms with Crippen molar-refractivity contribution in [1.82, 2.24) is 5.32 Å². The lowest BCUT2D eigenvalue weighted by molar-refractivity contribution is -0.121. The number of amides is 1. The molecular weight excluding hydrogens is 298 g/mol. The van der Waals surface area contributed by atoms with Crippen molar-refractivity contribution in [3.05, 3.63) is 12.2 Å². The van der Waals surface area contributed by atoms with E-state index in [9.17, 15) is 4.79 Å². The molecule has 0 saturated heterocycles. The summed E-state index contributed by atoms with van der Waals surface area (Å²) in [6.07, 6.45) is 21.4. The van der Waals surface area contributed by atoms with Crippen LogP contribution in [-0.4, -0.2) is 23.7 Å². The fraction of sp³-hybridized carbons (Fsp3) is 0.857. The highest BCUT2D eigenvalue weighted by Gasteiger charge is 2.02. The molecular formula is C21H41NO2. The molecule has 142 valence electrons. The Morgan fingerprint density at radius 2 is 1.38 bits per heavy atom. The predicted octanol–water partition coefficient (Wildman–Crippen LogP) is 5.52. The largest absolute Gasteiger partial charge is 0.392 e. The van der Waals surface area contributed by atoms with Crippen LogP contribution in [0.15, 0.2) is 12.2 Å². The van der Waals surface area contributed by atoms with Crippen molar-refractivity contribution >= 4 is 5.91 Å². The maximum atomic E-state index is 11.5. The van der Waals surface area contributed by atoms with Crippen molar-refractivity contribution in [3.63, 3.8) is 0 Å². The van der Waals surface area contributed by atoms with E-state index in [1.165, 1.54) is 70.6 Å². The second kappa shape index (κ2) is 18.5. The Morgan fingerprint density at radius 3 is 1.92 bits per heavy atom. The second-order valence-electron chi connectivity index (χ2n) is 6.99. The molecule has 3 nitrogen and oxygen atoms in total. The van der Waals surface area contributed by atoms with E-state index in [1.807, 2.05) is 0 Å². The summed E-state index contributed by atoms with van der Waals surface area (Å²) >= 11 is 0. The van der Waals surface area contributed by atoms with E-state index in [1.54, 1.807) is 6.92 Å². The minimum Gasteiger partial charge on any atom is -0.392 e. The van der Waals surface area contributed by atoms with Crippen LogP contribution in [0.3, 0.4) is 0 Å². The molecule has 1 atom stereocenters. The summed E-state index contributed by atoms with van der Waals surface area (Å²) in [7, 11) is 0. The molecule has 0 aromatic carbocycles. The zero-order chi connectivity index (χ0) is 17.9. The zero-order valence-corrected chi connectivity index (χ0v) is 16.2. The normalized spacial score (nSPS) is 12.6. The fourth-order valence-corrected chi connectivity index (χ4v) is 2.71. The number of hydrogen-bond acceptors (Lipinski definition) is 2. The number of nitrogens with one attached hydrogen (secondary N) is 1. The average Bonchev–Trinajstić information content (AvgIpc) is 2.56. The van der Waals surface area contributed by atoms with Gasteiger partial charge in [0.25, 0.3) is 0 Å². The van der Waals surface area contributed by atoms with Crippen molar-refractivity contribution in [2.24, 2.45) is 0 Å². The molecule has 0 rings (SSSR count). The van der Waals surface area contributed by atoms with Gasteiger partial charge in [-0.2, -0.15) is 0 Å². The van der Waals surface area contributed by atoms with Crippen molar-refractivity contribution < 1.29 is 9.90 Å². The molecule has 0 aromatic heterocycles. The van der Waals surface area contributed by atoms with Crippen LogP contribution in [0.1, 0.15) is 104 Å². The molecule has 0 aliphatic rings. The monoisotopic (exact) mass is 339 g/mol. The maximum absolute atomic E-state index is 11.5. The van der Waals surface area contributed by atoms with Gasteiger partial charge in [-0.3, -0.25) is 4.79 Å². The van der Waals surface area contributed by atoms with Crippen LogP contribution < -0.4 is 5.32 Å². The van der Waals surface area contributed by atoms with Crippen LogP contribution in [0.5, 0.6) is 0 Å². The molecule has 24 heavy (non-hydrogen) atoms. The van der Waals surface area contributed by atoms with Gasteiger partial charge in [-0.05, 0) is 39.0 Å². The summed E-state index contributed by atoms with van der Waals surface area (Å²) in [6.45, 7) is 4.31. The lowest BCUT2D eigenvalue weighted by Crippen LogP contribution is -2.30. The van der Waals surface area contributed by atoms with Gasteiger partial charge < -0.3 is 10.4 Å². The molecule has 2 N–H and O–H groups in total. The first kappa shape index (κ1) is 23.2. The second-order valence-corrected chi connectivity index (χ2v) is 6.99. The van der Waals surface area contributed by atoms with Gasteiger partial charge in [0.2, 0.25) is 5.91 Å². The Hall–Kier alpha value is -0.830. The Morgan fingerprint density at radius 1 is 0.875 bits per heavy atom. The first-order valence-corrected chi connectivity index (χ1v) is 10.3. The zero-order valence-electron chi connectivity index (χ0n) is 16.2. The van der Waals surface area contributed by atoms with Gasteiger partial charge in [-0.1, -0.05) is 70.4 Å². The van der Waals surface area contributed by atoms with Crippen LogP contribution in [-0.2, 0) is 4.79 Å². The third-order valence-corrected chi connectivity index (χ3v) is 4.26. The molecule has 0 spiro atoms. The van der Waals surface area contributed by atoms with E-state index >= 15 is 0 Å². The van der Waals surface area contributed by atoms with Gasteiger partial charge in [-0.25, -0.2) is 0 Å². The highest BCUT2D eigenvalue weighted by atomic mass is 16.3. The summed E-state index contributed by atoms with van der Waals surface area (Å²) in [6, 6.07) is 0. The number of unbranched alkanes of at least 4 members (excludes halogenated alkanes) is 11. The molecule has 3 heteroatoms. The summed E-state index contributed by atoms with van der Waals surface area (Å²) in [4.78, 5) is 11.5. The first-order chi connectivity index (χ1) is 11.7. The van der Waals surface area contributed by atoms with Gasteiger partial charge >= 0.3 is 0 Å². The van der Waals surface area contributed by atoms with Crippen molar-refractivity contribution in [2.75, 3.05) is 6.54 Å². The number of rotatable bonds is 17. The van der Waals surface area contributed by atoms with Crippen LogP contribution in [0.25, 0.3) is 0 Å². The summed E-state index contributed by atoms with van der Waals surface area (Å²) < 4.78 is 0. The van der Waals surface area contributed by atoms with Crippen molar-refractivity contribution in [1.29, 1.82) is 0 Å². The number of aliphatic hydroxyl groups excluding tert-OH is 1. The number of hydrogen-bond donors (Lipinski definition) is 2. The lowest BCUT2D eigenvalue weighted by atomic mass is 10.1. The number of carbonyl (C=O) groups is 1. The van der Waals surface area contributed by atoms with Crippen LogP contribution in [0, 0.1) is 0 Å². The SMILES string of the molecule is CCCCCCCCC=CCCCCCCCC(=O)NCC(C)O. The minimum atomic E-state index is -0.455. The first-order valence-electron chi connectivity index (χ1n) is 10.3. The molecule has 0 heterocycles. The summed E-state index contributed by atoms with van der Waals surface area (Å²) in [5, 5.41) is 11.8. The third kappa shape index (κ3) is 19.2. The van der Waals surface area contributed by atoms with Crippen molar-refractivity contribution in [2.45, 2.75) is 110 Å². The van der Waals surface area contributed by atoms with E-state index in [0.717, 1.165) is 12.8 Å². The Balaban J connectivity index is 3.19. The predicted molar refractivity (Wildman–Crippen MR) is 104 cm³/mol. The Labute approximate surface area is 150 Å². The molecule has 0 aliphatic heterocycles. The average molecular weight is 340 g/mol. The van der Waals surface area contributed by atoms with Crippen molar-refractivity contribution in [3.8, 4) is 0 Å². The van der Waals surface area contributed by atoms with E-state index in [2.05, 4.69) is 24.4 Å². The van der Waals surface area contributed by atoms with Gasteiger partial charge in [0, 0.05) is 13.0 Å². The molecule has 1 unspecified atom stereocenters. The maximum Gasteiger partial charge on any atom is 0.220 e. The van der Waals surface area contributed by atoms with Crippen LogP contribution >= 0.6 is 0 Å². The molecule has 0 saturated carbocycles. The molecule has 1 amide bonds. The molecule has 0 aliphatic carbocycles. The van der Waals surface area contributed by atoms with E-state index in [0.29, 0.717) is 13.0 Å². The van der Waals surface area contributed by atoms with E-state index < -0.39 is 6.10 Å². The highest BCUT2D eigenvalue weighted by Crippen LogP contribution is 2.09. The van der Waals surface area contributed by atoms with Crippen LogP contribution in [0.4, 0.5) is 0 Å². The fourth-order valence-electron chi connectivity index (χ4n) is 2.71. The van der Waals surface area contributed by atoms with Gasteiger partial charge in [0.1, 0.15) is 0 Å². The van der Waals surface area contributed by atoms with Gasteiger partial charge in [0.15, 0.2) is 0 Å². The van der Waals surface area contributed by atoms with Gasteiger partial charge in [-0.15, -0.1) is 0 Å². The topological polar surface area (TPSA) is 49.3 Å². The quantitative estimate of drug-likeness (QED) is 0.271. The number of allylic oxidation sites excluding steroid dienone is 2. The Kier molecular flexibility index (Phi) is 17.9. The number of aliphatic hydroxyl groups is 1. The van der Waals surface area contributed by atoms with E-state index in [4.69, 9.17) is 5.11 Å². The standard InChI is InChI=1S/C21H41NO2/c1-3-4-5-6-7-8-9-10-11-12-13-14-15-16-17-18-21(24)22-19-20(2)23/h10-11,20,23H,3-9,12-19H2,1-2H3,(H,22,24). The Bertz CT molecular complexity index is 300. The molecule has 0 bridgehead atoms. The summed E-state index contributed by atoms with van der Waals surface area (Å²) in [5.74, 6) is 0.0635.